The molecule has 0 aliphatic rings. The van der Waals surface area contributed by atoms with Gasteiger partial charge in [0.15, 0.2) is 18.1 Å². The van der Waals surface area contributed by atoms with E-state index in [0.29, 0.717) is 24.6 Å². The minimum absolute atomic E-state index is 0.0630. The first kappa shape index (κ1) is 20.3. The molecule has 0 saturated carbocycles. The largest absolute Gasteiger partial charge is 0.493 e. The molecule has 0 unspecified atom stereocenters. The van der Waals surface area contributed by atoms with Crippen LogP contribution >= 0.6 is 0 Å². The summed E-state index contributed by atoms with van der Waals surface area (Å²) in [5, 5.41) is 2.79. The van der Waals surface area contributed by atoms with Gasteiger partial charge in [0.2, 0.25) is 5.91 Å². The Kier molecular flexibility index (Phi) is 7.23. The second-order valence-electron chi connectivity index (χ2n) is 6.20. The molecule has 2 rings (SSSR count). The number of carbonyl (C=O) groups is 2. The standard InChI is InChI=1S/C21H26N2O4/c1-15-8-7-9-16(2)21(15)23(17(3)24)13-12-22-20(25)14-27-19-11-6-5-10-18(19)26-4/h5-11H,12-14H2,1-4H3,(H,22,25). The lowest BCUT2D eigenvalue weighted by Gasteiger charge is -2.25. The average molecular weight is 370 g/mol. The lowest BCUT2D eigenvalue weighted by atomic mass is 10.1. The Morgan fingerprint density at radius 2 is 1.63 bits per heavy atom. The predicted molar refractivity (Wildman–Crippen MR) is 105 cm³/mol. The number of nitrogens with one attached hydrogen (secondary N) is 1. The molecule has 2 amide bonds. The summed E-state index contributed by atoms with van der Waals surface area (Å²) in [7, 11) is 1.55. The van der Waals surface area contributed by atoms with E-state index in [4.69, 9.17) is 9.47 Å². The molecule has 1 N–H and O–H groups in total. The maximum Gasteiger partial charge on any atom is 0.258 e. The smallest absolute Gasteiger partial charge is 0.258 e. The quantitative estimate of drug-likeness (QED) is 0.776. The monoisotopic (exact) mass is 370 g/mol. The van der Waals surface area contributed by atoms with Crippen LogP contribution in [0.4, 0.5) is 5.69 Å². The third-order valence-corrected chi connectivity index (χ3v) is 4.17. The Bertz CT molecular complexity index is 784. The molecule has 6 nitrogen and oxygen atoms in total. The van der Waals surface area contributed by atoms with E-state index in [1.165, 1.54) is 6.92 Å². The fourth-order valence-electron chi connectivity index (χ4n) is 2.90. The summed E-state index contributed by atoms with van der Waals surface area (Å²) in [6.45, 7) is 6.07. The van der Waals surface area contributed by atoms with Gasteiger partial charge in [-0.2, -0.15) is 0 Å². The number of ether oxygens (including phenoxy) is 2. The normalized spacial score (nSPS) is 10.2. The topological polar surface area (TPSA) is 67.9 Å². The number of aryl methyl sites for hydroxylation is 2. The molecule has 0 spiro atoms. The van der Waals surface area contributed by atoms with Crippen molar-refractivity contribution in [2.75, 3.05) is 31.7 Å². The maximum atomic E-state index is 12.1. The Labute approximate surface area is 160 Å². The van der Waals surface area contributed by atoms with E-state index >= 15 is 0 Å². The van der Waals surface area contributed by atoms with Crippen molar-refractivity contribution in [2.24, 2.45) is 0 Å². The molecule has 0 saturated heterocycles. The van der Waals surface area contributed by atoms with Crippen molar-refractivity contribution < 1.29 is 19.1 Å². The fraction of sp³-hybridized carbons (Fsp3) is 0.333. The number of rotatable bonds is 8. The second kappa shape index (κ2) is 9.62. The van der Waals surface area contributed by atoms with Gasteiger partial charge in [0, 0.05) is 25.7 Å². The first-order valence-corrected chi connectivity index (χ1v) is 8.81. The van der Waals surface area contributed by atoms with Gasteiger partial charge in [0.25, 0.3) is 5.91 Å². The van der Waals surface area contributed by atoms with Crippen LogP contribution in [0.25, 0.3) is 0 Å². The minimum Gasteiger partial charge on any atom is -0.493 e. The van der Waals surface area contributed by atoms with Crippen LogP contribution in [0.1, 0.15) is 18.1 Å². The van der Waals surface area contributed by atoms with Crippen LogP contribution in [0.15, 0.2) is 42.5 Å². The van der Waals surface area contributed by atoms with E-state index in [1.54, 1.807) is 24.1 Å². The van der Waals surface area contributed by atoms with Crippen molar-refractivity contribution in [3.05, 3.63) is 53.6 Å². The molecule has 0 radical (unpaired) electrons. The first-order valence-electron chi connectivity index (χ1n) is 8.81. The van der Waals surface area contributed by atoms with Crippen molar-refractivity contribution >= 4 is 17.5 Å². The summed E-state index contributed by atoms with van der Waals surface area (Å²) in [6, 6.07) is 13.0. The lowest BCUT2D eigenvalue weighted by Crippen LogP contribution is -2.39. The van der Waals surface area contributed by atoms with Crippen LogP contribution in [0.5, 0.6) is 11.5 Å². The van der Waals surface area contributed by atoms with E-state index in [9.17, 15) is 9.59 Å². The molecular weight excluding hydrogens is 344 g/mol. The fourth-order valence-corrected chi connectivity index (χ4v) is 2.90. The number of hydrogen-bond donors (Lipinski definition) is 1. The van der Waals surface area contributed by atoms with Crippen LogP contribution in [0.3, 0.4) is 0 Å². The van der Waals surface area contributed by atoms with Crippen LogP contribution in [0.2, 0.25) is 0 Å². The summed E-state index contributed by atoms with van der Waals surface area (Å²) in [6.07, 6.45) is 0. The highest BCUT2D eigenvalue weighted by atomic mass is 16.5. The molecule has 0 heterocycles. The minimum atomic E-state index is -0.258. The van der Waals surface area contributed by atoms with E-state index in [-0.39, 0.29) is 18.4 Å². The van der Waals surface area contributed by atoms with Crippen molar-refractivity contribution in [3.8, 4) is 11.5 Å². The van der Waals surface area contributed by atoms with Gasteiger partial charge in [-0.1, -0.05) is 30.3 Å². The lowest BCUT2D eigenvalue weighted by molar-refractivity contribution is -0.123. The Morgan fingerprint density at radius 1 is 1.00 bits per heavy atom. The molecule has 6 heteroatoms. The number of nitrogens with zero attached hydrogens (tertiary/aromatic N) is 1. The summed E-state index contributed by atoms with van der Waals surface area (Å²) in [5.41, 5.74) is 2.94. The SMILES string of the molecule is COc1ccccc1OCC(=O)NCCN(C(C)=O)c1c(C)cccc1C. The zero-order valence-corrected chi connectivity index (χ0v) is 16.2. The number of carbonyl (C=O) groups excluding carboxylic acids is 2. The number of amides is 2. The van der Waals surface area contributed by atoms with Gasteiger partial charge in [-0.15, -0.1) is 0 Å². The average Bonchev–Trinajstić information content (AvgIpc) is 2.64. The van der Waals surface area contributed by atoms with E-state index in [0.717, 1.165) is 16.8 Å². The van der Waals surface area contributed by atoms with Crippen molar-refractivity contribution in [3.63, 3.8) is 0 Å². The molecule has 144 valence electrons. The summed E-state index contributed by atoms with van der Waals surface area (Å²) >= 11 is 0. The molecule has 2 aromatic rings. The molecular formula is C21H26N2O4. The van der Waals surface area contributed by atoms with Gasteiger partial charge < -0.3 is 19.7 Å². The molecule has 0 aliphatic carbocycles. The second-order valence-corrected chi connectivity index (χ2v) is 6.20. The predicted octanol–water partition coefficient (Wildman–Crippen LogP) is 2.86. The van der Waals surface area contributed by atoms with Crippen LogP contribution < -0.4 is 19.7 Å². The summed E-state index contributed by atoms with van der Waals surface area (Å²) in [5.74, 6) is 0.761. The van der Waals surface area contributed by atoms with E-state index in [2.05, 4.69) is 5.32 Å². The number of methoxy groups -OCH3 is 1. The molecule has 2 aromatic carbocycles. The zero-order chi connectivity index (χ0) is 19.8. The van der Waals surface area contributed by atoms with Crippen LogP contribution in [0, 0.1) is 13.8 Å². The molecule has 0 aliphatic heterocycles. The third-order valence-electron chi connectivity index (χ3n) is 4.17. The number of benzene rings is 2. The van der Waals surface area contributed by atoms with Gasteiger partial charge >= 0.3 is 0 Å². The molecule has 0 bridgehead atoms. The van der Waals surface area contributed by atoms with Crippen molar-refractivity contribution in [1.29, 1.82) is 0 Å². The summed E-state index contributed by atoms with van der Waals surface area (Å²) in [4.78, 5) is 25.8. The van der Waals surface area contributed by atoms with Crippen molar-refractivity contribution in [1.82, 2.24) is 5.32 Å². The van der Waals surface area contributed by atoms with E-state index in [1.807, 2.05) is 44.2 Å². The highest BCUT2D eigenvalue weighted by molar-refractivity contribution is 5.93. The third kappa shape index (κ3) is 5.48. The maximum absolute atomic E-state index is 12.1. The Hall–Kier alpha value is -3.02. The van der Waals surface area contributed by atoms with Gasteiger partial charge in [-0.3, -0.25) is 9.59 Å². The van der Waals surface area contributed by atoms with Crippen molar-refractivity contribution in [2.45, 2.75) is 20.8 Å². The first-order chi connectivity index (χ1) is 12.9. The van der Waals surface area contributed by atoms with Gasteiger partial charge in [0.1, 0.15) is 0 Å². The zero-order valence-electron chi connectivity index (χ0n) is 16.2. The highest BCUT2D eigenvalue weighted by Gasteiger charge is 2.16. The van der Waals surface area contributed by atoms with Gasteiger partial charge in [0.05, 0.1) is 7.11 Å². The Balaban J connectivity index is 1.89. The number of hydrogen-bond acceptors (Lipinski definition) is 4. The number of para-hydroxylation sites is 3. The highest BCUT2D eigenvalue weighted by Crippen LogP contribution is 2.26. The molecule has 27 heavy (non-hydrogen) atoms. The van der Waals surface area contributed by atoms with Crippen LogP contribution in [-0.2, 0) is 9.59 Å². The molecule has 0 aromatic heterocycles. The van der Waals surface area contributed by atoms with Gasteiger partial charge in [-0.05, 0) is 37.1 Å². The Morgan fingerprint density at radius 3 is 2.22 bits per heavy atom. The summed E-state index contributed by atoms with van der Waals surface area (Å²) < 4.78 is 10.7. The molecule has 0 fully saturated rings. The molecule has 0 atom stereocenters. The number of anilines is 1. The van der Waals surface area contributed by atoms with E-state index < -0.39 is 0 Å². The van der Waals surface area contributed by atoms with Gasteiger partial charge in [-0.25, -0.2) is 0 Å². The van der Waals surface area contributed by atoms with Crippen LogP contribution in [-0.4, -0.2) is 38.6 Å².